The highest BCUT2D eigenvalue weighted by Crippen LogP contribution is 2.11. The molecular weight excluding hydrogens is 226 g/mol. The van der Waals surface area contributed by atoms with Crippen molar-refractivity contribution in [2.45, 2.75) is 52.2 Å². The van der Waals surface area contributed by atoms with Crippen molar-refractivity contribution in [2.24, 2.45) is 0 Å². The number of nitrogens with one attached hydrogen (secondary N) is 2. The van der Waals surface area contributed by atoms with Crippen LogP contribution in [-0.2, 0) is 4.79 Å². The summed E-state index contributed by atoms with van der Waals surface area (Å²) >= 11 is 0. The van der Waals surface area contributed by atoms with Gasteiger partial charge in [0, 0.05) is 24.5 Å². The minimum Gasteiger partial charge on any atom is -0.352 e. The molecule has 1 aromatic heterocycles. The second-order valence-corrected chi connectivity index (χ2v) is 4.71. The highest BCUT2D eigenvalue weighted by molar-refractivity contribution is 5.81. The van der Waals surface area contributed by atoms with Crippen molar-refractivity contribution in [3.05, 3.63) is 30.1 Å². The molecule has 0 aromatic carbocycles. The number of hydrogen-bond acceptors (Lipinski definition) is 3. The minimum absolute atomic E-state index is 0.0465. The molecule has 4 nitrogen and oxygen atoms in total. The Kier molecular flexibility index (Phi) is 5.78. The average molecular weight is 249 g/mol. The van der Waals surface area contributed by atoms with Crippen molar-refractivity contribution in [1.29, 1.82) is 0 Å². The highest BCUT2D eigenvalue weighted by Gasteiger charge is 2.17. The van der Waals surface area contributed by atoms with E-state index in [2.05, 4.69) is 22.5 Å². The van der Waals surface area contributed by atoms with Crippen molar-refractivity contribution in [3.63, 3.8) is 0 Å². The van der Waals surface area contributed by atoms with Gasteiger partial charge in [0.15, 0.2) is 0 Å². The molecule has 1 rings (SSSR count). The van der Waals surface area contributed by atoms with E-state index in [1.54, 1.807) is 12.4 Å². The molecule has 0 spiro atoms. The van der Waals surface area contributed by atoms with Crippen LogP contribution in [-0.4, -0.2) is 23.0 Å². The predicted molar refractivity (Wildman–Crippen MR) is 73.1 cm³/mol. The molecule has 2 N–H and O–H groups in total. The summed E-state index contributed by atoms with van der Waals surface area (Å²) in [7, 11) is 0. The van der Waals surface area contributed by atoms with Gasteiger partial charge >= 0.3 is 0 Å². The van der Waals surface area contributed by atoms with Gasteiger partial charge in [-0.15, -0.1) is 0 Å². The number of carbonyl (C=O) groups is 1. The summed E-state index contributed by atoms with van der Waals surface area (Å²) in [5.41, 5.74) is 1.13. The Hall–Kier alpha value is -1.42. The first-order chi connectivity index (χ1) is 8.54. The predicted octanol–water partition coefficient (Wildman–Crippen LogP) is 2.04. The molecule has 1 aromatic rings. The summed E-state index contributed by atoms with van der Waals surface area (Å²) in [6, 6.07) is 4.05. The molecular formula is C14H23N3O. The second-order valence-electron chi connectivity index (χ2n) is 4.71. The van der Waals surface area contributed by atoms with Crippen molar-refractivity contribution < 1.29 is 4.79 Å². The Morgan fingerprint density at radius 2 is 1.89 bits per heavy atom. The summed E-state index contributed by atoms with van der Waals surface area (Å²) in [5.74, 6) is 0.0465. The van der Waals surface area contributed by atoms with Gasteiger partial charge in [0.1, 0.15) is 0 Å². The fourth-order valence-corrected chi connectivity index (χ4v) is 1.67. The lowest BCUT2D eigenvalue weighted by Crippen LogP contribution is -2.45. The molecule has 100 valence electrons. The topological polar surface area (TPSA) is 54.0 Å². The molecule has 0 radical (unpaired) electrons. The van der Waals surface area contributed by atoms with Crippen LogP contribution in [0.25, 0.3) is 0 Å². The van der Waals surface area contributed by atoms with Gasteiger partial charge in [0.2, 0.25) is 5.91 Å². The van der Waals surface area contributed by atoms with Crippen LogP contribution in [0.2, 0.25) is 0 Å². The zero-order valence-electron chi connectivity index (χ0n) is 11.6. The minimum atomic E-state index is -0.206. The van der Waals surface area contributed by atoms with Crippen molar-refractivity contribution in [1.82, 2.24) is 15.6 Å². The van der Waals surface area contributed by atoms with Crippen LogP contribution in [0, 0.1) is 0 Å². The molecule has 3 atom stereocenters. The van der Waals surface area contributed by atoms with E-state index in [1.165, 1.54) is 0 Å². The zero-order valence-corrected chi connectivity index (χ0v) is 11.6. The Morgan fingerprint density at radius 1 is 1.28 bits per heavy atom. The monoisotopic (exact) mass is 249 g/mol. The number of nitrogens with zero attached hydrogens (tertiary/aromatic N) is 1. The number of aromatic nitrogens is 1. The Morgan fingerprint density at radius 3 is 2.44 bits per heavy atom. The van der Waals surface area contributed by atoms with Crippen molar-refractivity contribution in [3.8, 4) is 0 Å². The van der Waals surface area contributed by atoms with Gasteiger partial charge in [-0.25, -0.2) is 0 Å². The third-order valence-electron chi connectivity index (χ3n) is 3.10. The fourth-order valence-electron chi connectivity index (χ4n) is 1.67. The van der Waals surface area contributed by atoms with E-state index >= 15 is 0 Å². The first kappa shape index (κ1) is 14.6. The summed E-state index contributed by atoms with van der Waals surface area (Å²) in [6.07, 6.45) is 4.47. The lowest BCUT2D eigenvalue weighted by Gasteiger charge is -2.21. The normalized spacial score (nSPS) is 15.8. The lowest BCUT2D eigenvalue weighted by molar-refractivity contribution is -0.123. The van der Waals surface area contributed by atoms with Crippen molar-refractivity contribution in [2.75, 3.05) is 0 Å². The number of pyridine rings is 1. The first-order valence-corrected chi connectivity index (χ1v) is 6.51. The van der Waals surface area contributed by atoms with Crippen LogP contribution in [0.4, 0.5) is 0 Å². The molecule has 1 heterocycles. The maximum Gasteiger partial charge on any atom is 0.237 e. The molecule has 0 saturated heterocycles. The molecule has 0 bridgehead atoms. The quantitative estimate of drug-likeness (QED) is 0.811. The van der Waals surface area contributed by atoms with Gasteiger partial charge in [-0.2, -0.15) is 0 Å². The van der Waals surface area contributed by atoms with Gasteiger partial charge in [-0.1, -0.05) is 6.92 Å². The standard InChI is InChI=1S/C14H23N3O/c1-5-10(2)16-14(18)12(4)17-11(3)13-6-8-15-9-7-13/h6-12,17H,5H2,1-4H3,(H,16,18)/t10?,11-,12?/m1/s1. The fraction of sp³-hybridized carbons (Fsp3) is 0.571. The molecule has 0 aliphatic heterocycles. The summed E-state index contributed by atoms with van der Waals surface area (Å²) in [4.78, 5) is 15.9. The number of hydrogen-bond donors (Lipinski definition) is 2. The molecule has 0 aliphatic carbocycles. The van der Waals surface area contributed by atoms with Crippen LogP contribution >= 0.6 is 0 Å². The summed E-state index contributed by atoms with van der Waals surface area (Å²) < 4.78 is 0. The van der Waals surface area contributed by atoms with Gasteiger partial charge in [-0.05, 0) is 44.9 Å². The number of rotatable bonds is 6. The molecule has 0 saturated carbocycles. The number of amides is 1. The second kappa shape index (κ2) is 7.11. The Balaban J connectivity index is 2.49. The third kappa shape index (κ3) is 4.45. The summed E-state index contributed by atoms with van der Waals surface area (Å²) in [5, 5.41) is 6.26. The molecule has 0 aliphatic rings. The molecule has 0 fully saturated rings. The zero-order chi connectivity index (χ0) is 13.5. The van der Waals surface area contributed by atoms with Crippen LogP contribution < -0.4 is 10.6 Å². The molecule has 4 heteroatoms. The molecule has 18 heavy (non-hydrogen) atoms. The van der Waals surface area contributed by atoms with Crippen LogP contribution in [0.5, 0.6) is 0 Å². The van der Waals surface area contributed by atoms with E-state index in [0.717, 1.165) is 12.0 Å². The number of carbonyl (C=O) groups excluding carboxylic acids is 1. The Bertz CT molecular complexity index is 367. The van der Waals surface area contributed by atoms with Gasteiger partial charge in [-0.3, -0.25) is 15.1 Å². The maximum atomic E-state index is 11.9. The van der Waals surface area contributed by atoms with E-state index in [0.29, 0.717) is 0 Å². The first-order valence-electron chi connectivity index (χ1n) is 6.51. The van der Waals surface area contributed by atoms with E-state index in [1.807, 2.05) is 32.9 Å². The molecule has 1 amide bonds. The smallest absolute Gasteiger partial charge is 0.237 e. The van der Waals surface area contributed by atoms with E-state index in [9.17, 15) is 4.79 Å². The van der Waals surface area contributed by atoms with Crippen LogP contribution in [0.3, 0.4) is 0 Å². The molecule has 2 unspecified atom stereocenters. The van der Waals surface area contributed by atoms with Crippen molar-refractivity contribution >= 4 is 5.91 Å². The maximum absolute atomic E-state index is 11.9. The van der Waals surface area contributed by atoms with Gasteiger partial charge in [0.25, 0.3) is 0 Å². The average Bonchev–Trinajstić information content (AvgIpc) is 2.39. The lowest BCUT2D eigenvalue weighted by atomic mass is 10.1. The summed E-state index contributed by atoms with van der Waals surface area (Å²) in [6.45, 7) is 8.00. The van der Waals surface area contributed by atoms with E-state index < -0.39 is 0 Å². The SMILES string of the molecule is CCC(C)NC(=O)C(C)N[C@H](C)c1ccncc1. The van der Waals surface area contributed by atoms with Crippen LogP contribution in [0.15, 0.2) is 24.5 Å². The Labute approximate surface area is 109 Å². The van der Waals surface area contributed by atoms with E-state index in [4.69, 9.17) is 0 Å². The van der Waals surface area contributed by atoms with E-state index in [-0.39, 0.29) is 24.0 Å². The van der Waals surface area contributed by atoms with Gasteiger partial charge < -0.3 is 5.32 Å². The largest absolute Gasteiger partial charge is 0.352 e. The highest BCUT2D eigenvalue weighted by atomic mass is 16.2. The van der Waals surface area contributed by atoms with Gasteiger partial charge in [0.05, 0.1) is 6.04 Å². The third-order valence-corrected chi connectivity index (χ3v) is 3.10. The van der Waals surface area contributed by atoms with Crippen LogP contribution in [0.1, 0.15) is 45.7 Å².